The lowest BCUT2D eigenvalue weighted by molar-refractivity contribution is 0.0715. The Morgan fingerprint density at radius 1 is 1.47 bits per heavy atom. The van der Waals surface area contributed by atoms with Crippen molar-refractivity contribution in [3.63, 3.8) is 0 Å². The Labute approximate surface area is 123 Å². The summed E-state index contributed by atoms with van der Waals surface area (Å²) in [5.41, 5.74) is 1.89. The van der Waals surface area contributed by atoms with Crippen LogP contribution in [-0.4, -0.2) is 48.9 Å². The highest BCUT2D eigenvalue weighted by Gasteiger charge is 2.30. The number of carbonyl (C=O) groups is 1. The number of hydrogen-bond acceptors (Lipinski definition) is 2. The van der Waals surface area contributed by atoms with E-state index in [4.69, 9.17) is 0 Å². The maximum absolute atomic E-state index is 12.7. The van der Waals surface area contributed by atoms with Gasteiger partial charge in [0, 0.05) is 23.6 Å². The highest BCUT2D eigenvalue weighted by Crippen LogP contribution is 2.26. The summed E-state index contributed by atoms with van der Waals surface area (Å²) >= 11 is 3.54. The lowest BCUT2D eigenvalue weighted by atomic mass is 10.1. The van der Waals surface area contributed by atoms with Crippen molar-refractivity contribution in [1.29, 1.82) is 0 Å². The molecule has 1 saturated heterocycles. The number of benzene rings is 1. The topological polar surface area (TPSA) is 23.6 Å². The van der Waals surface area contributed by atoms with E-state index in [1.807, 2.05) is 30.0 Å². The molecule has 19 heavy (non-hydrogen) atoms. The molecule has 104 valence electrons. The lowest BCUT2D eigenvalue weighted by Gasteiger charge is -2.27. The van der Waals surface area contributed by atoms with Crippen molar-refractivity contribution in [2.75, 3.05) is 27.2 Å². The number of halogens is 1. The van der Waals surface area contributed by atoms with Crippen LogP contribution in [0, 0.1) is 6.92 Å². The molecule has 4 heteroatoms. The first kappa shape index (κ1) is 14.5. The lowest BCUT2D eigenvalue weighted by Crippen LogP contribution is -2.41. The number of carbonyl (C=O) groups excluding carboxylic acids is 1. The van der Waals surface area contributed by atoms with Gasteiger partial charge in [-0.15, -0.1) is 0 Å². The second kappa shape index (κ2) is 6.06. The van der Waals surface area contributed by atoms with Gasteiger partial charge < -0.3 is 9.80 Å². The van der Waals surface area contributed by atoms with Gasteiger partial charge in [0.2, 0.25) is 0 Å². The van der Waals surface area contributed by atoms with Gasteiger partial charge in [-0.3, -0.25) is 4.79 Å². The Hall–Kier alpha value is -0.870. The number of aryl methyl sites for hydroxylation is 1. The SMILES string of the molecule is Cc1cccc(C(=O)N2CCCC2CN(C)C)c1Br. The van der Waals surface area contributed by atoms with Gasteiger partial charge in [0.1, 0.15) is 0 Å². The third kappa shape index (κ3) is 3.18. The predicted octanol–water partition coefficient (Wildman–Crippen LogP) is 2.92. The molecule has 1 aromatic rings. The van der Waals surface area contributed by atoms with Crippen molar-refractivity contribution in [2.45, 2.75) is 25.8 Å². The first-order valence-electron chi connectivity index (χ1n) is 6.71. The van der Waals surface area contributed by atoms with Crippen LogP contribution in [0.4, 0.5) is 0 Å². The van der Waals surface area contributed by atoms with Gasteiger partial charge in [-0.25, -0.2) is 0 Å². The summed E-state index contributed by atoms with van der Waals surface area (Å²) in [5, 5.41) is 0. The van der Waals surface area contributed by atoms with Crippen LogP contribution in [0.3, 0.4) is 0 Å². The van der Waals surface area contributed by atoms with E-state index in [-0.39, 0.29) is 5.91 Å². The van der Waals surface area contributed by atoms with E-state index in [0.29, 0.717) is 6.04 Å². The van der Waals surface area contributed by atoms with Crippen LogP contribution in [-0.2, 0) is 0 Å². The van der Waals surface area contributed by atoms with E-state index >= 15 is 0 Å². The molecule has 2 rings (SSSR count). The summed E-state index contributed by atoms with van der Waals surface area (Å²) in [6.07, 6.45) is 2.21. The van der Waals surface area contributed by atoms with Crippen LogP contribution in [0.25, 0.3) is 0 Å². The van der Waals surface area contributed by atoms with Gasteiger partial charge in [0.15, 0.2) is 0 Å². The van der Waals surface area contributed by atoms with Gasteiger partial charge >= 0.3 is 0 Å². The third-order valence-corrected chi connectivity index (χ3v) is 4.69. The number of amides is 1. The number of rotatable bonds is 3. The van der Waals surface area contributed by atoms with Gasteiger partial charge in [0.05, 0.1) is 5.56 Å². The van der Waals surface area contributed by atoms with Crippen molar-refractivity contribution in [3.8, 4) is 0 Å². The summed E-state index contributed by atoms with van der Waals surface area (Å²) in [4.78, 5) is 16.9. The maximum atomic E-state index is 12.7. The average Bonchev–Trinajstić information content (AvgIpc) is 2.79. The van der Waals surface area contributed by atoms with Crippen LogP contribution < -0.4 is 0 Å². The van der Waals surface area contributed by atoms with Crippen LogP contribution in [0.1, 0.15) is 28.8 Å². The Bertz CT molecular complexity index is 473. The van der Waals surface area contributed by atoms with Gasteiger partial charge in [-0.05, 0) is 61.4 Å². The Kier molecular flexibility index (Phi) is 4.63. The molecule has 0 N–H and O–H groups in total. The number of likely N-dealkylation sites (N-methyl/N-ethyl adjacent to an activating group) is 1. The highest BCUT2D eigenvalue weighted by atomic mass is 79.9. The number of nitrogens with zero attached hydrogens (tertiary/aromatic N) is 2. The second-order valence-corrected chi connectivity index (χ2v) is 6.29. The molecular formula is C15H21BrN2O. The molecule has 0 aliphatic carbocycles. The first-order chi connectivity index (χ1) is 9.00. The minimum Gasteiger partial charge on any atom is -0.334 e. The zero-order valence-electron chi connectivity index (χ0n) is 11.8. The molecule has 0 saturated carbocycles. The zero-order chi connectivity index (χ0) is 14.0. The largest absolute Gasteiger partial charge is 0.334 e. The molecule has 0 aromatic heterocycles. The maximum Gasteiger partial charge on any atom is 0.255 e. The van der Waals surface area contributed by atoms with Crippen LogP contribution in [0.5, 0.6) is 0 Å². The van der Waals surface area contributed by atoms with Gasteiger partial charge in [0.25, 0.3) is 5.91 Å². The van der Waals surface area contributed by atoms with Crippen LogP contribution in [0.2, 0.25) is 0 Å². The fraction of sp³-hybridized carbons (Fsp3) is 0.533. The molecule has 1 aliphatic rings. The van der Waals surface area contributed by atoms with E-state index in [1.165, 1.54) is 0 Å². The van der Waals surface area contributed by atoms with E-state index in [1.54, 1.807) is 0 Å². The van der Waals surface area contributed by atoms with Crippen molar-refractivity contribution < 1.29 is 4.79 Å². The van der Waals surface area contributed by atoms with E-state index in [0.717, 1.165) is 41.5 Å². The summed E-state index contributed by atoms with van der Waals surface area (Å²) in [5.74, 6) is 0.153. The third-order valence-electron chi connectivity index (χ3n) is 3.64. The average molecular weight is 325 g/mol. The van der Waals surface area contributed by atoms with Crippen molar-refractivity contribution in [1.82, 2.24) is 9.80 Å². The molecule has 1 aliphatic heterocycles. The minimum atomic E-state index is 0.153. The first-order valence-corrected chi connectivity index (χ1v) is 7.51. The molecule has 1 unspecified atom stereocenters. The molecule has 1 aromatic carbocycles. The number of likely N-dealkylation sites (tertiary alicyclic amines) is 1. The van der Waals surface area contributed by atoms with E-state index < -0.39 is 0 Å². The van der Waals surface area contributed by atoms with Crippen molar-refractivity contribution in [2.24, 2.45) is 0 Å². The fourth-order valence-electron chi connectivity index (χ4n) is 2.68. The normalized spacial score (nSPS) is 19.2. The van der Waals surface area contributed by atoms with Crippen molar-refractivity contribution in [3.05, 3.63) is 33.8 Å². The molecule has 0 radical (unpaired) electrons. The molecule has 1 atom stereocenters. The molecule has 1 fully saturated rings. The monoisotopic (exact) mass is 324 g/mol. The minimum absolute atomic E-state index is 0.153. The van der Waals surface area contributed by atoms with E-state index in [2.05, 4.69) is 34.9 Å². The molecule has 1 heterocycles. The Morgan fingerprint density at radius 3 is 2.89 bits per heavy atom. The van der Waals surface area contributed by atoms with Gasteiger partial charge in [-0.2, -0.15) is 0 Å². The standard InChI is InChI=1S/C15H21BrN2O/c1-11-6-4-8-13(14(11)16)15(19)18-9-5-7-12(18)10-17(2)3/h4,6,8,12H,5,7,9-10H2,1-3H3. The molecule has 1 amide bonds. The van der Waals surface area contributed by atoms with Crippen LogP contribution >= 0.6 is 15.9 Å². The zero-order valence-corrected chi connectivity index (χ0v) is 13.4. The molecule has 3 nitrogen and oxygen atoms in total. The van der Waals surface area contributed by atoms with Crippen molar-refractivity contribution >= 4 is 21.8 Å². The smallest absolute Gasteiger partial charge is 0.255 e. The molecule has 0 bridgehead atoms. The summed E-state index contributed by atoms with van der Waals surface area (Å²) < 4.78 is 0.926. The predicted molar refractivity (Wildman–Crippen MR) is 81.5 cm³/mol. The van der Waals surface area contributed by atoms with E-state index in [9.17, 15) is 4.79 Å². The molecule has 0 spiro atoms. The molecular weight excluding hydrogens is 304 g/mol. The Balaban J connectivity index is 2.21. The fourth-order valence-corrected chi connectivity index (χ4v) is 3.12. The van der Waals surface area contributed by atoms with Crippen LogP contribution in [0.15, 0.2) is 22.7 Å². The summed E-state index contributed by atoms with van der Waals surface area (Å²) in [7, 11) is 4.12. The number of hydrogen-bond donors (Lipinski definition) is 0. The Morgan fingerprint density at radius 2 is 2.21 bits per heavy atom. The second-order valence-electron chi connectivity index (χ2n) is 5.49. The van der Waals surface area contributed by atoms with Gasteiger partial charge in [-0.1, -0.05) is 12.1 Å². The highest BCUT2D eigenvalue weighted by molar-refractivity contribution is 9.10. The summed E-state index contributed by atoms with van der Waals surface area (Å²) in [6.45, 7) is 3.83. The summed E-state index contributed by atoms with van der Waals surface area (Å²) in [6, 6.07) is 6.21. The quantitative estimate of drug-likeness (QED) is 0.853.